The molecule has 2 aromatic rings. The minimum atomic E-state index is -3.71. The number of hydrogen-bond acceptors (Lipinski definition) is 5. The van der Waals surface area contributed by atoms with E-state index in [0.29, 0.717) is 11.4 Å². The molecule has 0 saturated heterocycles. The maximum Gasteiger partial charge on any atom is 0.262 e. The average molecular weight is 376 g/mol. The lowest BCUT2D eigenvalue weighted by molar-refractivity contribution is -0.117. The lowest BCUT2D eigenvalue weighted by Crippen LogP contribution is -2.32. The summed E-state index contributed by atoms with van der Waals surface area (Å²) in [5.74, 6) is 0.747. The van der Waals surface area contributed by atoms with Crippen LogP contribution in [-0.2, 0) is 28.4 Å². The highest BCUT2D eigenvalue weighted by Crippen LogP contribution is 2.32. The number of anilines is 1. The monoisotopic (exact) mass is 376 g/mol. The van der Waals surface area contributed by atoms with Crippen LogP contribution in [0, 0.1) is 5.92 Å². The summed E-state index contributed by atoms with van der Waals surface area (Å²) in [4.78, 5) is 15.9. The molecule has 0 unspecified atom stereocenters. The molecule has 26 heavy (non-hydrogen) atoms. The Morgan fingerprint density at radius 2 is 2.15 bits per heavy atom. The molecule has 1 aliphatic carbocycles. The minimum Gasteiger partial charge on any atom is -0.492 e. The minimum absolute atomic E-state index is 0.0115. The fraction of sp³-hybridized carbons (Fsp3) is 0.412. The molecule has 1 aromatic heterocycles. The molecule has 4 rings (SSSR count). The van der Waals surface area contributed by atoms with Crippen molar-refractivity contribution in [3.05, 3.63) is 36.3 Å². The van der Waals surface area contributed by atoms with Gasteiger partial charge in [-0.2, -0.15) is 4.31 Å². The van der Waals surface area contributed by atoms with E-state index in [0.717, 1.165) is 18.4 Å². The molecule has 138 valence electrons. The van der Waals surface area contributed by atoms with Gasteiger partial charge in [0.15, 0.2) is 5.03 Å². The molecule has 0 radical (unpaired) electrons. The van der Waals surface area contributed by atoms with Gasteiger partial charge in [0.1, 0.15) is 12.4 Å². The summed E-state index contributed by atoms with van der Waals surface area (Å²) < 4.78 is 34.3. The highest BCUT2D eigenvalue weighted by molar-refractivity contribution is 7.89. The number of sulfonamides is 1. The Morgan fingerprint density at radius 3 is 2.85 bits per heavy atom. The number of nitrogens with zero attached hydrogens (tertiary/aromatic N) is 3. The number of rotatable bonds is 4. The molecule has 2 heterocycles. The first kappa shape index (κ1) is 17.0. The zero-order valence-corrected chi connectivity index (χ0v) is 15.2. The van der Waals surface area contributed by atoms with E-state index in [9.17, 15) is 13.2 Å². The van der Waals surface area contributed by atoms with Crippen molar-refractivity contribution in [1.82, 2.24) is 13.9 Å². The quantitative estimate of drug-likeness (QED) is 0.869. The van der Waals surface area contributed by atoms with Gasteiger partial charge in [0.25, 0.3) is 10.0 Å². The number of imidazole rings is 1. The summed E-state index contributed by atoms with van der Waals surface area (Å²) in [6.45, 7) is 0.658. The normalized spacial score (nSPS) is 17.9. The first-order valence-electron chi connectivity index (χ1n) is 8.48. The lowest BCUT2D eigenvalue weighted by atomic mass is 10.1. The van der Waals surface area contributed by atoms with Crippen molar-refractivity contribution in [3.8, 4) is 5.75 Å². The van der Waals surface area contributed by atoms with Crippen LogP contribution in [0.1, 0.15) is 18.4 Å². The summed E-state index contributed by atoms with van der Waals surface area (Å²) in [5.41, 5.74) is 1.37. The van der Waals surface area contributed by atoms with Gasteiger partial charge < -0.3 is 14.6 Å². The van der Waals surface area contributed by atoms with E-state index in [2.05, 4.69) is 10.3 Å². The summed E-state index contributed by atoms with van der Waals surface area (Å²) >= 11 is 0. The molecule has 1 amide bonds. The second-order valence-electron chi connectivity index (χ2n) is 6.65. The molecular weight excluding hydrogens is 356 g/mol. The van der Waals surface area contributed by atoms with Crippen molar-refractivity contribution in [3.63, 3.8) is 0 Å². The van der Waals surface area contributed by atoms with Crippen molar-refractivity contribution >= 4 is 21.6 Å². The van der Waals surface area contributed by atoms with Gasteiger partial charge >= 0.3 is 0 Å². The Labute approximate surface area is 151 Å². The number of aromatic nitrogens is 2. The third kappa shape index (κ3) is 3.32. The van der Waals surface area contributed by atoms with E-state index >= 15 is 0 Å². The standard InChI is InChI=1S/C17H20N4O4S/c1-20-10-16(18-11-20)26(23,24)21-6-7-25-15-5-4-14(8-13(15)9-21)19-17(22)12-2-3-12/h4-5,8,10-12H,2-3,6-7,9H2,1H3,(H,19,22). The Morgan fingerprint density at radius 1 is 1.35 bits per heavy atom. The van der Waals surface area contributed by atoms with Gasteiger partial charge in [-0.3, -0.25) is 4.79 Å². The molecule has 0 spiro atoms. The van der Waals surface area contributed by atoms with E-state index in [1.54, 1.807) is 29.8 Å². The van der Waals surface area contributed by atoms with E-state index in [4.69, 9.17) is 4.74 Å². The van der Waals surface area contributed by atoms with Crippen molar-refractivity contribution in [1.29, 1.82) is 0 Å². The van der Waals surface area contributed by atoms with Crippen LogP contribution in [0.5, 0.6) is 5.75 Å². The van der Waals surface area contributed by atoms with E-state index in [-0.39, 0.29) is 36.5 Å². The fourth-order valence-corrected chi connectivity index (χ4v) is 4.27. The van der Waals surface area contributed by atoms with Crippen LogP contribution < -0.4 is 10.1 Å². The van der Waals surface area contributed by atoms with Crippen LogP contribution in [0.3, 0.4) is 0 Å². The molecule has 1 fully saturated rings. The van der Waals surface area contributed by atoms with Gasteiger partial charge in [0, 0.05) is 43.5 Å². The van der Waals surface area contributed by atoms with Crippen LogP contribution >= 0.6 is 0 Å². The number of carbonyl (C=O) groups is 1. The smallest absolute Gasteiger partial charge is 0.262 e. The molecule has 2 aliphatic rings. The second-order valence-corrected chi connectivity index (χ2v) is 8.54. The maximum atomic E-state index is 12.8. The summed E-state index contributed by atoms with van der Waals surface area (Å²) in [7, 11) is -1.99. The fourth-order valence-electron chi connectivity index (χ4n) is 2.90. The van der Waals surface area contributed by atoms with Crippen molar-refractivity contribution in [2.75, 3.05) is 18.5 Å². The topological polar surface area (TPSA) is 93.5 Å². The van der Waals surface area contributed by atoms with Crippen LogP contribution in [0.25, 0.3) is 0 Å². The van der Waals surface area contributed by atoms with Crippen LogP contribution in [0.4, 0.5) is 5.69 Å². The van der Waals surface area contributed by atoms with Crippen molar-refractivity contribution < 1.29 is 17.9 Å². The van der Waals surface area contributed by atoms with E-state index in [1.165, 1.54) is 16.8 Å². The molecule has 1 N–H and O–H groups in total. The SMILES string of the molecule is Cn1cnc(S(=O)(=O)N2CCOc3ccc(NC(=O)C4CC4)cc3C2)c1. The van der Waals surface area contributed by atoms with Gasteiger partial charge in [0.2, 0.25) is 5.91 Å². The lowest BCUT2D eigenvalue weighted by Gasteiger charge is -2.18. The van der Waals surface area contributed by atoms with Gasteiger partial charge in [-0.1, -0.05) is 0 Å². The maximum absolute atomic E-state index is 12.8. The van der Waals surface area contributed by atoms with Crippen LogP contribution in [0.2, 0.25) is 0 Å². The number of nitrogens with one attached hydrogen (secondary N) is 1. The van der Waals surface area contributed by atoms with E-state index < -0.39 is 10.0 Å². The van der Waals surface area contributed by atoms with Crippen molar-refractivity contribution in [2.24, 2.45) is 13.0 Å². The number of ether oxygens (including phenoxy) is 1. The zero-order chi connectivity index (χ0) is 18.3. The molecule has 1 aromatic carbocycles. The Hall–Kier alpha value is -2.39. The number of benzene rings is 1. The van der Waals surface area contributed by atoms with Gasteiger partial charge in [-0.05, 0) is 31.0 Å². The number of hydrogen-bond donors (Lipinski definition) is 1. The van der Waals surface area contributed by atoms with Crippen LogP contribution in [-0.4, -0.2) is 41.3 Å². The predicted octanol–water partition coefficient (Wildman–Crippen LogP) is 1.35. The highest BCUT2D eigenvalue weighted by Gasteiger charge is 2.31. The number of amides is 1. The third-order valence-electron chi connectivity index (χ3n) is 4.51. The third-order valence-corrected chi connectivity index (χ3v) is 6.24. The molecule has 1 aliphatic heterocycles. The number of aryl methyl sites for hydroxylation is 1. The van der Waals surface area contributed by atoms with Gasteiger partial charge in [-0.25, -0.2) is 13.4 Å². The predicted molar refractivity (Wildman–Crippen MR) is 94.1 cm³/mol. The molecule has 8 nitrogen and oxygen atoms in total. The highest BCUT2D eigenvalue weighted by atomic mass is 32.2. The van der Waals surface area contributed by atoms with Gasteiger partial charge in [-0.15, -0.1) is 0 Å². The Balaban J connectivity index is 1.59. The largest absolute Gasteiger partial charge is 0.492 e. The molecular formula is C17H20N4O4S. The summed E-state index contributed by atoms with van der Waals surface area (Å²) in [5, 5.41) is 2.90. The van der Waals surface area contributed by atoms with Crippen LogP contribution in [0.15, 0.2) is 35.7 Å². The summed E-state index contributed by atoms with van der Waals surface area (Å²) in [6.07, 6.45) is 4.79. The Kier molecular flexibility index (Phi) is 4.20. The molecule has 9 heteroatoms. The molecule has 0 bridgehead atoms. The number of fused-ring (bicyclic) bond motifs is 1. The average Bonchev–Trinajstić information content (AvgIpc) is 3.39. The van der Waals surface area contributed by atoms with E-state index in [1.807, 2.05) is 0 Å². The molecule has 1 saturated carbocycles. The Bertz CT molecular complexity index is 949. The molecule has 0 atom stereocenters. The summed E-state index contributed by atoms with van der Waals surface area (Å²) in [6, 6.07) is 5.33. The second kappa shape index (κ2) is 6.40. The first-order chi connectivity index (χ1) is 12.4. The zero-order valence-electron chi connectivity index (χ0n) is 14.4. The first-order valence-corrected chi connectivity index (χ1v) is 9.92. The number of carbonyl (C=O) groups excluding carboxylic acids is 1. The van der Waals surface area contributed by atoms with Crippen molar-refractivity contribution in [2.45, 2.75) is 24.4 Å². The van der Waals surface area contributed by atoms with Gasteiger partial charge in [0.05, 0.1) is 6.33 Å².